The second-order valence-electron chi connectivity index (χ2n) is 5.98. The van der Waals surface area contributed by atoms with Crippen molar-refractivity contribution in [2.24, 2.45) is 0 Å². The van der Waals surface area contributed by atoms with Crippen LogP contribution < -0.4 is 5.56 Å². The summed E-state index contributed by atoms with van der Waals surface area (Å²) in [5.41, 5.74) is 3.11. The topological polar surface area (TPSA) is 52.7 Å². The third-order valence-electron chi connectivity index (χ3n) is 4.29. The molecule has 3 aromatic heterocycles. The molecule has 0 N–H and O–H groups in total. The van der Waals surface area contributed by atoms with E-state index in [-0.39, 0.29) is 5.56 Å². The fourth-order valence-electron chi connectivity index (χ4n) is 2.93. The van der Waals surface area contributed by atoms with Crippen molar-refractivity contribution < 1.29 is 0 Å². The van der Waals surface area contributed by atoms with Crippen molar-refractivity contribution >= 4 is 34.1 Å². The van der Waals surface area contributed by atoms with Crippen molar-refractivity contribution in [1.29, 1.82) is 0 Å². The van der Waals surface area contributed by atoms with Crippen LogP contribution in [0.1, 0.15) is 11.1 Å². The number of halogens is 2. The average Bonchev–Trinajstić information content (AvgIpc) is 3.03. The lowest BCUT2D eigenvalue weighted by Gasteiger charge is -2.10. The van der Waals surface area contributed by atoms with Gasteiger partial charge >= 0.3 is 0 Å². The van der Waals surface area contributed by atoms with Crippen LogP contribution in [0.5, 0.6) is 0 Å². The van der Waals surface area contributed by atoms with Crippen molar-refractivity contribution in [3.8, 4) is 5.69 Å². The normalized spacial score (nSPS) is 11.2. The van der Waals surface area contributed by atoms with E-state index in [1.165, 1.54) is 0 Å². The highest BCUT2D eigenvalue weighted by Gasteiger charge is 2.12. The Kier molecular flexibility index (Phi) is 4.26. The molecule has 0 bridgehead atoms. The van der Waals surface area contributed by atoms with E-state index in [4.69, 9.17) is 23.2 Å². The predicted molar refractivity (Wildman–Crippen MR) is 103 cm³/mol. The summed E-state index contributed by atoms with van der Waals surface area (Å²) in [6.07, 6.45) is 4.96. The van der Waals surface area contributed by atoms with Crippen molar-refractivity contribution in [3.63, 3.8) is 0 Å². The summed E-state index contributed by atoms with van der Waals surface area (Å²) in [7, 11) is 0. The van der Waals surface area contributed by atoms with Gasteiger partial charge in [-0.2, -0.15) is 5.10 Å². The molecule has 4 aromatic rings. The number of hydrogen-bond donors (Lipinski definition) is 0. The molecule has 0 aliphatic carbocycles. The Bertz CT molecular complexity index is 1180. The number of nitrogens with zero attached hydrogens (tertiary/aromatic N) is 4. The molecule has 5 nitrogen and oxygen atoms in total. The standard InChI is InChI=1S/C19H14Cl2N4O/c1-12-9-22-18(21)8-17(12)24-7-6-16-14(19(24)26)10-23-25(16)11-13-4-2-3-5-15(13)20/h2-10H,11H2,1H3. The van der Waals surface area contributed by atoms with Crippen LogP contribution in [0.2, 0.25) is 10.2 Å². The third kappa shape index (κ3) is 2.89. The van der Waals surface area contributed by atoms with Gasteiger partial charge in [0, 0.05) is 17.4 Å². The summed E-state index contributed by atoms with van der Waals surface area (Å²) in [4.78, 5) is 17.0. The lowest BCUT2D eigenvalue weighted by atomic mass is 10.2. The molecule has 26 heavy (non-hydrogen) atoms. The number of aromatic nitrogens is 4. The smallest absolute Gasteiger partial charge is 0.266 e. The fourth-order valence-corrected chi connectivity index (χ4v) is 3.28. The Hall–Kier alpha value is -2.63. The van der Waals surface area contributed by atoms with Crippen LogP contribution in [0.25, 0.3) is 16.6 Å². The second kappa shape index (κ2) is 6.59. The van der Waals surface area contributed by atoms with Gasteiger partial charge in [0.25, 0.3) is 5.56 Å². The molecule has 130 valence electrons. The Labute approximate surface area is 159 Å². The Morgan fingerprint density at radius 2 is 1.92 bits per heavy atom. The van der Waals surface area contributed by atoms with Crippen LogP contribution in [0, 0.1) is 6.92 Å². The number of rotatable bonds is 3. The molecule has 0 unspecified atom stereocenters. The van der Waals surface area contributed by atoms with Crippen LogP contribution >= 0.6 is 23.2 Å². The lowest BCUT2D eigenvalue weighted by Crippen LogP contribution is -2.18. The predicted octanol–water partition coefficient (Wildman–Crippen LogP) is 4.25. The molecule has 0 spiro atoms. The summed E-state index contributed by atoms with van der Waals surface area (Å²) in [6.45, 7) is 2.38. The van der Waals surface area contributed by atoms with Gasteiger partial charge < -0.3 is 0 Å². The maximum atomic E-state index is 12.9. The van der Waals surface area contributed by atoms with E-state index < -0.39 is 0 Å². The third-order valence-corrected chi connectivity index (χ3v) is 4.87. The van der Waals surface area contributed by atoms with Gasteiger partial charge in [-0.25, -0.2) is 4.98 Å². The Morgan fingerprint density at radius 1 is 1.12 bits per heavy atom. The molecule has 0 radical (unpaired) electrons. The molecule has 4 rings (SSSR count). The molecule has 0 fully saturated rings. The number of pyridine rings is 2. The monoisotopic (exact) mass is 384 g/mol. The van der Waals surface area contributed by atoms with Crippen molar-refractivity contribution in [3.05, 3.63) is 86.6 Å². The van der Waals surface area contributed by atoms with E-state index in [0.717, 1.165) is 16.6 Å². The zero-order chi connectivity index (χ0) is 18.3. The first kappa shape index (κ1) is 16.8. The van der Waals surface area contributed by atoms with Crippen LogP contribution in [-0.4, -0.2) is 19.3 Å². The summed E-state index contributed by atoms with van der Waals surface area (Å²) in [5.74, 6) is 0. The highest BCUT2D eigenvalue weighted by molar-refractivity contribution is 6.31. The minimum atomic E-state index is -0.154. The first-order valence-corrected chi connectivity index (χ1v) is 8.73. The van der Waals surface area contributed by atoms with E-state index in [2.05, 4.69) is 10.1 Å². The zero-order valence-corrected chi connectivity index (χ0v) is 15.4. The van der Waals surface area contributed by atoms with Gasteiger partial charge in [0.05, 0.1) is 29.3 Å². The van der Waals surface area contributed by atoms with Gasteiger partial charge in [0.15, 0.2) is 0 Å². The molecular weight excluding hydrogens is 371 g/mol. The number of fused-ring (bicyclic) bond motifs is 1. The number of hydrogen-bond acceptors (Lipinski definition) is 3. The molecule has 7 heteroatoms. The highest BCUT2D eigenvalue weighted by atomic mass is 35.5. The van der Waals surface area contributed by atoms with E-state index in [1.54, 1.807) is 33.9 Å². The Morgan fingerprint density at radius 3 is 2.73 bits per heavy atom. The molecular formula is C19H14Cl2N4O. The van der Waals surface area contributed by atoms with Crippen molar-refractivity contribution in [2.45, 2.75) is 13.5 Å². The number of aryl methyl sites for hydroxylation is 1. The maximum absolute atomic E-state index is 12.9. The van der Waals surface area contributed by atoms with Crippen LogP contribution in [0.15, 0.2) is 59.8 Å². The molecule has 0 amide bonds. The molecule has 1 aromatic carbocycles. The molecule has 0 aliphatic rings. The summed E-state index contributed by atoms with van der Waals surface area (Å²) >= 11 is 12.2. The van der Waals surface area contributed by atoms with Crippen LogP contribution in [0.3, 0.4) is 0 Å². The summed E-state index contributed by atoms with van der Waals surface area (Å²) in [6, 6.07) is 11.1. The molecule has 0 saturated heterocycles. The maximum Gasteiger partial charge on any atom is 0.266 e. The summed E-state index contributed by atoms with van der Waals surface area (Å²) in [5, 5.41) is 5.92. The van der Waals surface area contributed by atoms with Crippen molar-refractivity contribution in [2.75, 3.05) is 0 Å². The van der Waals surface area contributed by atoms with Gasteiger partial charge in [-0.1, -0.05) is 41.4 Å². The van der Waals surface area contributed by atoms with E-state index >= 15 is 0 Å². The molecule has 3 heterocycles. The van der Waals surface area contributed by atoms with Crippen LogP contribution in [0.4, 0.5) is 0 Å². The quantitative estimate of drug-likeness (QED) is 0.496. The van der Waals surface area contributed by atoms with Gasteiger partial charge in [-0.15, -0.1) is 0 Å². The minimum Gasteiger partial charge on any atom is -0.283 e. The first-order chi connectivity index (χ1) is 12.5. The minimum absolute atomic E-state index is 0.154. The molecule has 0 atom stereocenters. The second-order valence-corrected chi connectivity index (χ2v) is 6.77. The number of benzene rings is 1. The van der Waals surface area contributed by atoms with Gasteiger partial charge in [0.1, 0.15) is 5.15 Å². The van der Waals surface area contributed by atoms with Crippen LogP contribution in [-0.2, 0) is 6.54 Å². The van der Waals surface area contributed by atoms with Gasteiger partial charge in [-0.05, 0) is 36.2 Å². The summed E-state index contributed by atoms with van der Waals surface area (Å²) < 4.78 is 3.33. The van der Waals surface area contributed by atoms with E-state index in [0.29, 0.717) is 27.8 Å². The molecule has 0 aliphatic heterocycles. The zero-order valence-electron chi connectivity index (χ0n) is 13.9. The largest absolute Gasteiger partial charge is 0.283 e. The fraction of sp³-hybridized carbons (Fsp3) is 0.105. The lowest BCUT2D eigenvalue weighted by molar-refractivity contribution is 0.712. The van der Waals surface area contributed by atoms with E-state index in [9.17, 15) is 4.79 Å². The average molecular weight is 385 g/mol. The van der Waals surface area contributed by atoms with E-state index in [1.807, 2.05) is 37.3 Å². The SMILES string of the molecule is Cc1cnc(Cl)cc1-n1ccc2c(cnn2Cc2ccccc2Cl)c1=O. The molecule has 0 saturated carbocycles. The van der Waals surface area contributed by atoms with Gasteiger partial charge in [0.2, 0.25) is 0 Å². The highest BCUT2D eigenvalue weighted by Crippen LogP contribution is 2.20. The van der Waals surface area contributed by atoms with Gasteiger partial charge in [-0.3, -0.25) is 14.0 Å². The van der Waals surface area contributed by atoms with Crippen molar-refractivity contribution in [1.82, 2.24) is 19.3 Å². The Balaban J connectivity index is 1.82. The first-order valence-electron chi connectivity index (χ1n) is 7.97.